The third-order valence-corrected chi connectivity index (χ3v) is 6.23. The quantitative estimate of drug-likeness (QED) is 0.267. The Morgan fingerprint density at radius 3 is 2.65 bits per heavy atom. The molecule has 8 heteroatoms. The van der Waals surface area contributed by atoms with Crippen LogP contribution < -0.4 is 10.6 Å². The molecule has 0 aromatic rings. The summed E-state index contributed by atoms with van der Waals surface area (Å²) in [5.41, 5.74) is 0. The van der Waals surface area contributed by atoms with Crippen LogP contribution in [0.3, 0.4) is 0 Å². The second-order valence-corrected chi connectivity index (χ2v) is 7.86. The molecule has 0 saturated carbocycles. The standard InChI is InChI=1S/C15H24N2O4S2/c1-21-15(20)7-6-14(19)17-10-9-16-13(18)5-3-2-4-12-8-11-22-23-12/h6-7,12H,2-5,8-11H2,1H3,(H,16,18)(H,17,19). The molecule has 1 atom stereocenters. The van der Waals surface area contributed by atoms with Crippen LogP contribution in [0, 0.1) is 0 Å². The summed E-state index contributed by atoms with van der Waals surface area (Å²) >= 11 is 0. The summed E-state index contributed by atoms with van der Waals surface area (Å²) in [6, 6.07) is 0. The van der Waals surface area contributed by atoms with E-state index < -0.39 is 11.9 Å². The number of carbonyl (C=O) groups excluding carboxylic acids is 3. The van der Waals surface area contributed by atoms with E-state index in [1.54, 1.807) is 0 Å². The zero-order valence-corrected chi connectivity index (χ0v) is 15.0. The predicted octanol–water partition coefficient (Wildman–Crippen LogP) is 1.66. The number of ether oxygens (including phenoxy) is 1. The first-order chi connectivity index (χ1) is 11.1. The van der Waals surface area contributed by atoms with Crippen molar-refractivity contribution in [3.63, 3.8) is 0 Å². The monoisotopic (exact) mass is 360 g/mol. The molecule has 0 radical (unpaired) electrons. The first-order valence-corrected chi connectivity index (χ1v) is 10.1. The van der Waals surface area contributed by atoms with Crippen LogP contribution in [-0.2, 0) is 19.1 Å². The van der Waals surface area contributed by atoms with Gasteiger partial charge in [0.1, 0.15) is 0 Å². The van der Waals surface area contributed by atoms with Crippen LogP contribution in [0.4, 0.5) is 0 Å². The van der Waals surface area contributed by atoms with Crippen molar-refractivity contribution < 1.29 is 19.1 Å². The van der Waals surface area contributed by atoms with Gasteiger partial charge in [-0.2, -0.15) is 0 Å². The van der Waals surface area contributed by atoms with E-state index in [4.69, 9.17) is 0 Å². The van der Waals surface area contributed by atoms with E-state index in [-0.39, 0.29) is 5.91 Å². The molecule has 1 saturated heterocycles. The molecular weight excluding hydrogens is 336 g/mol. The van der Waals surface area contributed by atoms with Crippen LogP contribution in [-0.4, -0.2) is 49.0 Å². The van der Waals surface area contributed by atoms with Crippen LogP contribution in [0.2, 0.25) is 0 Å². The number of amides is 2. The second kappa shape index (κ2) is 12.3. The lowest BCUT2D eigenvalue weighted by Gasteiger charge is -2.08. The van der Waals surface area contributed by atoms with Gasteiger partial charge in [-0.05, 0) is 19.3 Å². The van der Waals surface area contributed by atoms with Gasteiger partial charge in [-0.1, -0.05) is 28.0 Å². The SMILES string of the molecule is COC(=O)C=CC(=O)NCCNC(=O)CCCCC1CCSS1. The number of methoxy groups -OCH3 is 1. The summed E-state index contributed by atoms with van der Waals surface area (Å²) in [5.74, 6) is 0.286. The molecule has 1 aliphatic rings. The Kier molecular flexibility index (Phi) is 10.6. The second-order valence-electron chi connectivity index (χ2n) is 5.07. The minimum atomic E-state index is -0.581. The zero-order valence-electron chi connectivity index (χ0n) is 13.3. The van der Waals surface area contributed by atoms with Crippen LogP contribution in [0.5, 0.6) is 0 Å². The van der Waals surface area contributed by atoms with E-state index in [1.165, 1.54) is 25.7 Å². The summed E-state index contributed by atoms with van der Waals surface area (Å²) in [6.45, 7) is 0.706. The molecule has 1 rings (SSSR count). The largest absolute Gasteiger partial charge is 0.466 e. The van der Waals surface area contributed by atoms with Gasteiger partial charge in [-0.25, -0.2) is 4.79 Å². The van der Waals surface area contributed by atoms with E-state index in [0.717, 1.165) is 30.2 Å². The first kappa shape index (κ1) is 19.9. The Balaban J connectivity index is 1.95. The number of carbonyl (C=O) groups is 3. The van der Waals surface area contributed by atoms with Crippen molar-refractivity contribution in [1.82, 2.24) is 10.6 Å². The van der Waals surface area contributed by atoms with E-state index >= 15 is 0 Å². The third-order valence-electron chi connectivity index (χ3n) is 3.23. The highest BCUT2D eigenvalue weighted by Gasteiger charge is 2.15. The first-order valence-electron chi connectivity index (χ1n) is 7.70. The lowest BCUT2D eigenvalue weighted by Crippen LogP contribution is -2.33. The van der Waals surface area contributed by atoms with Crippen molar-refractivity contribution in [2.24, 2.45) is 0 Å². The Morgan fingerprint density at radius 1 is 1.17 bits per heavy atom. The molecule has 0 bridgehead atoms. The molecule has 1 aliphatic heterocycles. The number of hydrogen-bond acceptors (Lipinski definition) is 6. The van der Waals surface area contributed by atoms with Gasteiger partial charge in [-0.15, -0.1) is 0 Å². The number of rotatable bonds is 10. The maximum Gasteiger partial charge on any atom is 0.330 e. The van der Waals surface area contributed by atoms with Gasteiger partial charge in [-0.3, -0.25) is 9.59 Å². The van der Waals surface area contributed by atoms with Gasteiger partial charge in [0.05, 0.1) is 7.11 Å². The maximum absolute atomic E-state index is 11.6. The normalized spacial score (nSPS) is 17.2. The van der Waals surface area contributed by atoms with Crippen LogP contribution in [0.1, 0.15) is 32.1 Å². The predicted molar refractivity (Wildman–Crippen MR) is 94.1 cm³/mol. The number of unbranched alkanes of at least 4 members (excludes halogenated alkanes) is 1. The van der Waals surface area contributed by atoms with Crippen molar-refractivity contribution in [2.45, 2.75) is 37.4 Å². The Bertz CT molecular complexity index is 424. The molecule has 2 N–H and O–H groups in total. The van der Waals surface area contributed by atoms with E-state index in [9.17, 15) is 14.4 Å². The molecule has 1 fully saturated rings. The summed E-state index contributed by atoms with van der Waals surface area (Å²) in [6.07, 6.45) is 7.14. The summed E-state index contributed by atoms with van der Waals surface area (Å²) in [5, 5.41) is 6.09. The van der Waals surface area contributed by atoms with Crippen molar-refractivity contribution in [1.29, 1.82) is 0 Å². The minimum absolute atomic E-state index is 0.0119. The van der Waals surface area contributed by atoms with Crippen LogP contribution >= 0.6 is 21.6 Å². The molecular formula is C15H24N2O4S2. The molecule has 2 amide bonds. The Labute approximate surface area is 144 Å². The van der Waals surface area contributed by atoms with Gasteiger partial charge in [0.15, 0.2) is 0 Å². The fraction of sp³-hybridized carbons (Fsp3) is 0.667. The van der Waals surface area contributed by atoms with Crippen LogP contribution in [0.15, 0.2) is 12.2 Å². The summed E-state index contributed by atoms with van der Waals surface area (Å²) in [7, 11) is 5.15. The third kappa shape index (κ3) is 10.3. The van der Waals surface area contributed by atoms with E-state index in [0.29, 0.717) is 19.5 Å². The molecule has 0 aromatic heterocycles. The molecule has 130 valence electrons. The molecule has 23 heavy (non-hydrogen) atoms. The maximum atomic E-state index is 11.6. The lowest BCUT2D eigenvalue weighted by atomic mass is 10.1. The van der Waals surface area contributed by atoms with Crippen molar-refractivity contribution in [3.05, 3.63) is 12.2 Å². The number of esters is 1. The van der Waals surface area contributed by atoms with Crippen molar-refractivity contribution >= 4 is 39.4 Å². The Hall–Kier alpha value is -1.15. The molecule has 1 unspecified atom stereocenters. The fourth-order valence-electron chi connectivity index (χ4n) is 1.97. The molecule has 0 aliphatic carbocycles. The van der Waals surface area contributed by atoms with Gasteiger partial charge in [0.25, 0.3) is 0 Å². The fourth-order valence-corrected chi connectivity index (χ4v) is 5.00. The van der Waals surface area contributed by atoms with Gasteiger partial charge >= 0.3 is 5.97 Å². The average molecular weight is 361 g/mol. The smallest absolute Gasteiger partial charge is 0.330 e. The van der Waals surface area contributed by atoms with E-state index in [2.05, 4.69) is 15.4 Å². The minimum Gasteiger partial charge on any atom is -0.466 e. The highest BCUT2D eigenvalue weighted by Crippen LogP contribution is 2.39. The van der Waals surface area contributed by atoms with Gasteiger partial charge in [0, 0.05) is 42.7 Å². The molecule has 1 heterocycles. The van der Waals surface area contributed by atoms with Gasteiger partial charge < -0.3 is 15.4 Å². The van der Waals surface area contributed by atoms with Crippen LogP contribution in [0.25, 0.3) is 0 Å². The number of nitrogens with one attached hydrogen (secondary N) is 2. The van der Waals surface area contributed by atoms with Gasteiger partial charge in [0.2, 0.25) is 11.8 Å². The highest BCUT2D eigenvalue weighted by molar-refractivity contribution is 8.77. The lowest BCUT2D eigenvalue weighted by molar-refractivity contribution is -0.135. The molecule has 0 spiro atoms. The Morgan fingerprint density at radius 2 is 1.96 bits per heavy atom. The number of hydrogen-bond donors (Lipinski definition) is 2. The highest BCUT2D eigenvalue weighted by atomic mass is 33.1. The summed E-state index contributed by atoms with van der Waals surface area (Å²) < 4.78 is 4.37. The zero-order chi connectivity index (χ0) is 16.9. The van der Waals surface area contributed by atoms with Crippen molar-refractivity contribution in [3.8, 4) is 0 Å². The topological polar surface area (TPSA) is 84.5 Å². The van der Waals surface area contributed by atoms with E-state index in [1.807, 2.05) is 21.6 Å². The molecule has 0 aromatic carbocycles. The average Bonchev–Trinajstić information content (AvgIpc) is 3.06. The summed E-state index contributed by atoms with van der Waals surface area (Å²) in [4.78, 5) is 33.7. The molecule has 6 nitrogen and oxygen atoms in total. The van der Waals surface area contributed by atoms with Crippen molar-refractivity contribution in [2.75, 3.05) is 26.0 Å².